The first-order valence-electron chi connectivity index (χ1n) is 7.60. The van der Waals surface area contributed by atoms with Crippen LogP contribution < -0.4 is 20.5 Å². The molecule has 0 aliphatic heterocycles. The SMILES string of the molecule is CCOc1ccc(NC(=O)[C@@H](C)Oc2ccc(C(N)=O)cc2)cc1. The summed E-state index contributed by atoms with van der Waals surface area (Å²) >= 11 is 0. The van der Waals surface area contributed by atoms with Crippen LogP contribution in [0.2, 0.25) is 0 Å². The Labute approximate surface area is 140 Å². The lowest BCUT2D eigenvalue weighted by molar-refractivity contribution is -0.122. The van der Waals surface area contributed by atoms with Crippen LogP contribution in [0.25, 0.3) is 0 Å². The van der Waals surface area contributed by atoms with E-state index in [0.29, 0.717) is 23.6 Å². The highest BCUT2D eigenvalue weighted by Gasteiger charge is 2.15. The molecule has 0 heterocycles. The molecule has 24 heavy (non-hydrogen) atoms. The first kappa shape index (κ1) is 17.3. The molecule has 0 bridgehead atoms. The molecule has 0 fully saturated rings. The standard InChI is InChI=1S/C18H20N2O4/c1-3-23-15-10-6-14(7-11-15)20-18(22)12(2)24-16-8-4-13(5-9-16)17(19)21/h4-12H,3H2,1-2H3,(H2,19,21)(H,20,22)/t12-/m1/s1. The van der Waals surface area contributed by atoms with E-state index >= 15 is 0 Å². The Morgan fingerprint density at radius 2 is 1.62 bits per heavy atom. The van der Waals surface area contributed by atoms with E-state index < -0.39 is 12.0 Å². The minimum absolute atomic E-state index is 0.280. The number of nitrogens with two attached hydrogens (primary N) is 1. The van der Waals surface area contributed by atoms with Gasteiger partial charge >= 0.3 is 0 Å². The van der Waals surface area contributed by atoms with Crippen LogP contribution in [0.15, 0.2) is 48.5 Å². The lowest BCUT2D eigenvalue weighted by Gasteiger charge is -2.15. The van der Waals surface area contributed by atoms with Gasteiger partial charge in [0.1, 0.15) is 11.5 Å². The second-order valence-corrected chi connectivity index (χ2v) is 5.10. The van der Waals surface area contributed by atoms with Crippen LogP contribution in [0.4, 0.5) is 5.69 Å². The number of rotatable bonds is 7. The van der Waals surface area contributed by atoms with Gasteiger partial charge in [-0.15, -0.1) is 0 Å². The zero-order valence-corrected chi connectivity index (χ0v) is 13.6. The molecule has 0 aromatic heterocycles. The van der Waals surface area contributed by atoms with E-state index in [1.807, 2.05) is 6.92 Å². The molecule has 2 rings (SSSR count). The summed E-state index contributed by atoms with van der Waals surface area (Å²) in [6, 6.07) is 13.4. The Balaban J connectivity index is 1.92. The summed E-state index contributed by atoms with van der Waals surface area (Å²) in [6.07, 6.45) is -0.698. The first-order valence-corrected chi connectivity index (χ1v) is 7.60. The lowest BCUT2D eigenvalue weighted by Crippen LogP contribution is -2.30. The van der Waals surface area contributed by atoms with Crippen LogP contribution >= 0.6 is 0 Å². The fourth-order valence-corrected chi connectivity index (χ4v) is 2.00. The number of carbonyl (C=O) groups is 2. The van der Waals surface area contributed by atoms with Gasteiger partial charge in [-0.05, 0) is 62.4 Å². The van der Waals surface area contributed by atoms with Gasteiger partial charge in [0.05, 0.1) is 6.61 Å². The van der Waals surface area contributed by atoms with Gasteiger partial charge in [0.15, 0.2) is 6.10 Å². The second kappa shape index (κ2) is 8.01. The molecule has 3 N–H and O–H groups in total. The summed E-state index contributed by atoms with van der Waals surface area (Å²) in [7, 11) is 0. The molecule has 0 spiro atoms. The number of benzene rings is 2. The van der Waals surface area contributed by atoms with Gasteiger partial charge in [0.25, 0.3) is 5.91 Å². The molecule has 1 atom stereocenters. The van der Waals surface area contributed by atoms with Crippen LogP contribution in [0.5, 0.6) is 11.5 Å². The van der Waals surface area contributed by atoms with Gasteiger partial charge in [-0.3, -0.25) is 9.59 Å². The van der Waals surface area contributed by atoms with Crippen LogP contribution in [0.3, 0.4) is 0 Å². The van der Waals surface area contributed by atoms with Crippen molar-refractivity contribution in [3.63, 3.8) is 0 Å². The van der Waals surface area contributed by atoms with Gasteiger partial charge in [0.2, 0.25) is 5.91 Å². The molecule has 6 nitrogen and oxygen atoms in total. The number of carbonyl (C=O) groups excluding carboxylic acids is 2. The third kappa shape index (κ3) is 4.74. The Hall–Kier alpha value is -3.02. The summed E-state index contributed by atoms with van der Waals surface area (Å²) in [5.41, 5.74) is 6.21. The largest absolute Gasteiger partial charge is 0.494 e. The van der Waals surface area contributed by atoms with E-state index in [2.05, 4.69) is 5.32 Å². The van der Waals surface area contributed by atoms with Gasteiger partial charge < -0.3 is 20.5 Å². The number of amides is 2. The highest BCUT2D eigenvalue weighted by Crippen LogP contribution is 2.17. The third-order valence-electron chi connectivity index (χ3n) is 3.25. The van der Waals surface area contributed by atoms with Crippen LogP contribution in [-0.4, -0.2) is 24.5 Å². The lowest BCUT2D eigenvalue weighted by atomic mass is 10.2. The normalized spacial score (nSPS) is 11.4. The molecular weight excluding hydrogens is 308 g/mol. The first-order chi connectivity index (χ1) is 11.5. The summed E-state index contributed by atoms with van der Waals surface area (Å²) < 4.78 is 10.9. The zero-order chi connectivity index (χ0) is 17.5. The predicted molar refractivity (Wildman–Crippen MR) is 91.3 cm³/mol. The Morgan fingerprint density at radius 1 is 1.04 bits per heavy atom. The molecule has 0 unspecified atom stereocenters. The van der Waals surface area contributed by atoms with Crippen molar-refractivity contribution in [1.82, 2.24) is 0 Å². The van der Waals surface area contributed by atoms with E-state index in [0.717, 1.165) is 5.75 Å². The van der Waals surface area contributed by atoms with E-state index in [4.69, 9.17) is 15.2 Å². The van der Waals surface area contributed by atoms with Crippen molar-refractivity contribution in [2.75, 3.05) is 11.9 Å². The van der Waals surface area contributed by atoms with Crippen molar-refractivity contribution in [1.29, 1.82) is 0 Å². The number of hydrogen-bond donors (Lipinski definition) is 2. The molecule has 126 valence electrons. The number of ether oxygens (including phenoxy) is 2. The van der Waals surface area contributed by atoms with E-state index in [9.17, 15) is 9.59 Å². The van der Waals surface area contributed by atoms with Crippen LogP contribution in [0.1, 0.15) is 24.2 Å². The summed E-state index contributed by atoms with van der Waals surface area (Å²) in [5.74, 6) is 0.435. The van der Waals surface area contributed by atoms with Gasteiger partial charge in [0, 0.05) is 11.3 Å². The average Bonchev–Trinajstić information content (AvgIpc) is 2.57. The molecule has 6 heteroatoms. The summed E-state index contributed by atoms with van der Waals surface area (Å²) in [5, 5.41) is 2.77. The van der Waals surface area contributed by atoms with E-state index in [1.54, 1.807) is 55.5 Å². The molecule has 0 radical (unpaired) electrons. The molecule has 0 aliphatic carbocycles. The smallest absolute Gasteiger partial charge is 0.265 e. The van der Waals surface area contributed by atoms with E-state index in [1.165, 1.54) is 0 Å². The number of nitrogens with one attached hydrogen (secondary N) is 1. The molecule has 2 aromatic rings. The molecule has 2 amide bonds. The Morgan fingerprint density at radius 3 is 2.17 bits per heavy atom. The maximum atomic E-state index is 12.2. The van der Waals surface area contributed by atoms with Crippen molar-refractivity contribution in [2.45, 2.75) is 20.0 Å². The van der Waals surface area contributed by atoms with Crippen LogP contribution in [0, 0.1) is 0 Å². The highest BCUT2D eigenvalue weighted by atomic mass is 16.5. The zero-order valence-electron chi connectivity index (χ0n) is 13.6. The monoisotopic (exact) mass is 328 g/mol. The average molecular weight is 328 g/mol. The van der Waals surface area contributed by atoms with Crippen molar-refractivity contribution in [2.24, 2.45) is 5.73 Å². The minimum atomic E-state index is -0.698. The number of hydrogen-bond acceptors (Lipinski definition) is 4. The van der Waals surface area contributed by atoms with Crippen molar-refractivity contribution < 1.29 is 19.1 Å². The number of anilines is 1. The van der Waals surface area contributed by atoms with Gasteiger partial charge in [-0.25, -0.2) is 0 Å². The summed E-state index contributed by atoms with van der Waals surface area (Å²) in [4.78, 5) is 23.2. The van der Waals surface area contributed by atoms with Crippen LogP contribution in [-0.2, 0) is 4.79 Å². The van der Waals surface area contributed by atoms with Crippen molar-refractivity contribution in [3.8, 4) is 11.5 Å². The van der Waals surface area contributed by atoms with E-state index in [-0.39, 0.29) is 5.91 Å². The fraction of sp³-hybridized carbons (Fsp3) is 0.222. The predicted octanol–water partition coefficient (Wildman–Crippen LogP) is 2.59. The van der Waals surface area contributed by atoms with Gasteiger partial charge in [-0.2, -0.15) is 0 Å². The quantitative estimate of drug-likeness (QED) is 0.817. The second-order valence-electron chi connectivity index (χ2n) is 5.10. The summed E-state index contributed by atoms with van der Waals surface area (Å²) in [6.45, 7) is 4.14. The fourth-order valence-electron chi connectivity index (χ4n) is 2.00. The van der Waals surface area contributed by atoms with Crippen molar-refractivity contribution in [3.05, 3.63) is 54.1 Å². The van der Waals surface area contributed by atoms with Gasteiger partial charge in [-0.1, -0.05) is 0 Å². The van der Waals surface area contributed by atoms with Crippen molar-refractivity contribution >= 4 is 17.5 Å². The molecule has 0 aliphatic rings. The third-order valence-corrected chi connectivity index (χ3v) is 3.25. The molecule has 0 saturated carbocycles. The molecular formula is C18H20N2O4. The topological polar surface area (TPSA) is 90.7 Å². The molecule has 2 aromatic carbocycles. The minimum Gasteiger partial charge on any atom is -0.494 e. The Bertz CT molecular complexity index is 696. The highest BCUT2D eigenvalue weighted by molar-refractivity contribution is 5.94. The Kier molecular flexibility index (Phi) is 5.78. The maximum absolute atomic E-state index is 12.2. The number of primary amides is 1. The maximum Gasteiger partial charge on any atom is 0.265 e. The molecule has 0 saturated heterocycles.